The Morgan fingerprint density at radius 1 is 1.47 bits per heavy atom. The molecule has 4 heteroatoms. The summed E-state index contributed by atoms with van der Waals surface area (Å²) in [4.78, 5) is 7.30. The number of hydrogen-bond acceptors (Lipinski definition) is 3. The van der Waals surface area contributed by atoms with Crippen molar-refractivity contribution in [3.05, 3.63) is 17.8 Å². The summed E-state index contributed by atoms with van der Waals surface area (Å²) < 4.78 is 12.9. The highest BCUT2D eigenvalue weighted by Gasteiger charge is 2.31. The van der Waals surface area contributed by atoms with E-state index < -0.39 is 6.08 Å². The van der Waals surface area contributed by atoms with Gasteiger partial charge < -0.3 is 5.32 Å². The van der Waals surface area contributed by atoms with Crippen molar-refractivity contribution >= 4 is 5.82 Å². The molecule has 0 spiro atoms. The number of nitrogens with one attached hydrogen (secondary N) is 1. The predicted octanol–water partition coefficient (Wildman–Crippen LogP) is 2.53. The minimum atomic E-state index is -0.656. The Kier molecular flexibility index (Phi) is 2.59. The summed E-state index contributed by atoms with van der Waals surface area (Å²) in [5.41, 5.74) is 1.03. The van der Waals surface area contributed by atoms with Crippen molar-refractivity contribution in [3.8, 4) is 0 Å². The lowest BCUT2D eigenvalue weighted by molar-refractivity contribution is 0.179. The zero-order valence-corrected chi connectivity index (χ0v) is 9.18. The highest BCUT2D eigenvalue weighted by molar-refractivity contribution is 5.35. The van der Waals surface area contributed by atoms with Gasteiger partial charge in [0.2, 0.25) is 0 Å². The third kappa shape index (κ3) is 2.43. The Hall–Kier alpha value is -1.19. The SMILES string of the molecule is Cc1cc(NCC2(C)CCC2)nc(F)n1. The van der Waals surface area contributed by atoms with Crippen molar-refractivity contribution in [2.75, 3.05) is 11.9 Å². The van der Waals surface area contributed by atoms with Gasteiger partial charge in [0.1, 0.15) is 5.82 Å². The van der Waals surface area contributed by atoms with Crippen molar-refractivity contribution in [2.24, 2.45) is 5.41 Å². The van der Waals surface area contributed by atoms with Crippen molar-refractivity contribution in [3.63, 3.8) is 0 Å². The van der Waals surface area contributed by atoms with Gasteiger partial charge in [-0.15, -0.1) is 0 Å². The van der Waals surface area contributed by atoms with Crippen LogP contribution in [0.2, 0.25) is 0 Å². The molecule has 0 radical (unpaired) electrons. The van der Waals surface area contributed by atoms with Gasteiger partial charge in [0.05, 0.1) is 0 Å². The number of nitrogens with zero attached hydrogens (tertiary/aromatic N) is 2. The van der Waals surface area contributed by atoms with Crippen molar-refractivity contribution < 1.29 is 4.39 Å². The lowest BCUT2D eigenvalue weighted by Gasteiger charge is -2.38. The van der Waals surface area contributed by atoms with E-state index in [9.17, 15) is 4.39 Å². The van der Waals surface area contributed by atoms with Gasteiger partial charge in [0.15, 0.2) is 0 Å². The third-order valence-electron chi connectivity index (χ3n) is 3.08. The Labute approximate surface area is 89.1 Å². The second-order valence-electron chi connectivity index (χ2n) is 4.68. The van der Waals surface area contributed by atoms with E-state index in [0.717, 1.165) is 6.54 Å². The van der Waals surface area contributed by atoms with E-state index in [1.807, 2.05) is 0 Å². The van der Waals surface area contributed by atoms with Gasteiger partial charge in [0, 0.05) is 18.3 Å². The number of anilines is 1. The first-order valence-corrected chi connectivity index (χ1v) is 5.32. The molecule has 1 aromatic rings. The molecule has 0 saturated heterocycles. The van der Waals surface area contributed by atoms with Crippen LogP contribution in [-0.4, -0.2) is 16.5 Å². The number of aryl methyl sites for hydroxylation is 1. The van der Waals surface area contributed by atoms with Gasteiger partial charge in [-0.2, -0.15) is 9.37 Å². The first kappa shape index (κ1) is 10.3. The van der Waals surface area contributed by atoms with E-state index in [4.69, 9.17) is 0 Å². The van der Waals surface area contributed by atoms with Crippen LogP contribution in [-0.2, 0) is 0 Å². The summed E-state index contributed by atoms with van der Waals surface area (Å²) in [5, 5.41) is 3.18. The van der Waals surface area contributed by atoms with Crippen LogP contribution in [0, 0.1) is 18.4 Å². The first-order chi connectivity index (χ1) is 7.07. The van der Waals surface area contributed by atoms with Gasteiger partial charge in [-0.25, -0.2) is 4.98 Å². The second-order valence-corrected chi connectivity index (χ2v) is 4.68. The fraction of sp³-hybridized carbons (Fsp3) is 0.636. The predicted molar refractivity (Wildman–Crippen MR) is 57.2 cm³/mol. The lowest BCUT2D eigenvalue weighted by atomic mass is 9.70. The molecule has 1 N–H and O–H groups in total. The second kappa shape index (κ2) is 3.76. The van der Waals surface area contributed by atoms with Crippen molar-refractivity contribution in [1.29, 1.82) is 0 Å². The zero-order valence-electron chi connectivity index (χ0n) is 9.18. The molecule has 1 fully saturated rings. The van der Waals surface area contributed by atoms with Crippen molar-refractivity contribution in [1.82, 2.24) is 9.97 Å². The Morgan fingerprint density at radius 3 is 2.73 bits per heavy atom. The smallest absolute Gasteiger partial charge is 0.310 e. The molecule has 1 aliphatic rings. The third-order valence-corrected chi connectivity index (χ3v) is 3.08. The van der Waals surface area contributed by atoms with Crippen LogP contribution in [0.15, 0.2) is 6.07 Å². The Morgan fingerprint density at radius 2 is 2.20 bits per heavy atom. The standard InChI is InChI=1S/C11H16FN3/c1-8-6-9(15-10(12)14-8)13-7-11(2)4-3-5-11/h6H,3-5,7H2,1-2H3,(H,13,14,15). The molecule has 2 rings (SSSR count). The molecule has 0 aromatic carbocycles. The molecule has 0 bridgehead atoms. The summed E-state index contributed by atoms with van der Waals surface area (Å²) in [6, 6.07) is 1.77. The topological polar surface area (TPSA) is 37.8 Å². The van der Waals surface area contributed by atoms with E-state index in [-0.39, 0.29) is 0 Å². The quantitative estimate of drug-likeness (QED) is 0.777. The molecule has 0 unspecified atom stereocenters. The Balaban J connectivity index is 1.98. The van der Waals surface area contributed by atoms with Crippen LogP contribution in [0.4, 0.5) is 10.2 Å². The minimum Gasteiger partial charge on any atom is -0.369 e. The number of hydrogen-bond donors (Lipinski definition) is 1. The summed E-state index contributed by atoms with van der Waals surface area (Å²) in [6.45, 7) is 4.87. The molecule has 1 heterocycles. The maximum Gasteiger partial charge on any atom is 0.310 e. The van der Waals surface area contributed by atoms with Gasteiger partial charge in [-0.3, -0.25) is 0 Å². The van der Waals surface area contributed by atoms with Crippen LogP contribution in [0.1, 0.15) is 31.9 Å². The van der Waals surface area contributed by atoms with Gasteiger partial charge in [0.25, 0.3) is 0 Å². The molecule has 1 aliphatic carbocycles. The van der Waals surface area contributed by atoms with Crippen LogP contribution < -0.4 is 5.32 Å². The number of halogens is 1. The molecule has 82 valence electrons. The molecule has 1 aromatic heterocycles. The van der Waals surface area contributed by atoms with Crippen LogP contribution in [0.3, 0.4) is 0 Å². The normalized spacial score (nSPS) is 18.3. The first-order valence-electron chi connectivity index (χ1n) is 5.32. The number of aromatic nitrogens is 2. The summed E-state index contributed by atoms with van der Waals surface area (Å²) in [7, 11) is 0. The fourth-order valence-corrected chi connectivity index (χ4v) is 1.88. The maximum atomic E-state index is 12.9. The summed E-state index contributed by atoms with van der Waals surface area (Å²) in [5.74, 6) is 0.591. The Bertz CT molecular complexity index is 341. The monoisotopic (exact) mass is 209 g/mol. The average Bonchev–Trinajstić information content (AvgIpc) is 2.10. The van der Waals surface area contributed by atoms with Crippen LogP contribution in [0.25, 0.3) is 0 Å². The zero-order chi connectivity index (χ0) is 10.9. The summed E-state index contributed by atoms with van der Waals surface area (Å²) >= 11 is 0. The highest BCUT2D eigenvalue weighted by atomic mass is 19.1. The average molecular weight is 209 g/mol. The van der Waals surface area contributed by atoms with E-state index in [1.165, 1.54) is 19.3 Å². The van der Waals surface area contributed by atoms with Crippen molar-refractivity contribution in [2.45, 2.75) is 33.1 Å². The van der Waals surface area contributed by atoms with Gasteiger partial charge in [-0.1, -0.05) is 13.3 Å². The lowest BCUT2D eigenvalue weighted by Crippen LogP contribution is -2.33. The highest BCUT2D eigenvalue weighted by Crippen LogP contribution is 2.40. The van der Waals surface area contributed by atoms with Crippen LogP contribution in [0.5, 0.6) is 0 Å². The van der Waals surface area contributed by atoms with E-state index in [2.05, 4.69) is 22.2 Å². The van der Waals surface area contributed by atoms with E-state index in [0.29, 0.717) is 16.9 Å². The molecular formula is C11H16FN3. The molecule has 0 amide bonds. The largest absolute Gasteiger partial charge is 0.369 e. The molecular weight excluding hydrogens is 193 g/mol. The molecule has 0 atom stereocenters. The van der Waals surface area contributed by atoms with Gasteiger partial charge in [-0.05, 0) is 25.2 Å². The van der Waals surface area contributed by atoms with E-state index in [1.54, 1.807) is 13.0 Å². The molecule has 0 aliphatic heterocycles. The van der Waals surface area contributed by atoms with Gasteiger partial charge >= 0.3 is 6.08 Å². The van der Waals surface area contributed by atoms with Crippen LogP contribution >= 0.6 is 0 Å². The summed E-state index contributed by atoms with van der Waals surface area (Å²) in [6.07, 6.45) is 3.13. The maximum absolute atomic E-state index is 12.9. The molecule has 3 nitrogen and oxygen atoms in total. The minimum absolute atomic E-state index is 0.370. The number of rotatable bonds is 3. The molecule has 1 saturated carbocycles. The molecule has 15 heavy (non-hydrogen) atoms. The fourth-order valence-electron chi connectivity index (χ4n) is 1.88. The van der Waals surface area contributed by atoms with E-state index >= 15 is 0 Å².